The summed E-state index contributed by atoms with van der Waals surface area (Å²) in [4.78, 5) is 10.5. The molecule has 0 saturated heterocycles. The Labute approximate surface area is 112 Å². The van der Waals surface area contributed by atoms with Crippen LogP contribution in [0.4, 0.5) is 11.8 Å². The van der Waals surface area contributed by atoms with Crippen LogP contribution in [-0.4, -0.2) is 23.1 Å². The second-order valence-electron chi connectivity index (χ2n) is 4.12. The summed E-state index contributed by atoms with van der Waals surface area (Å²) in [7, 11) is 0. The molecule has 0 aliphatic carbocycles. The molecule has 0 aromatic carbocycles. The Morgan fingerprint density at radius 3 is 2.53 bits per heavy atom. The van der Waals surface area contributed by atoms with Gasteiger partial charge in [-0.25, -0.2) is 4.98 Å². The average Bonchev–Trinajstić information content (AvgIpc) is 2.34. The van der Waals surface area contributed by atoms with Gasteiger partial charge in [0.25, 0.3) is 0 Å². The van der Waals surface area contributed by atoms with Crippen LogP contribution in [0, 0.1) is 5.92 Å². The van der Waals surface area contributed by atoms with Crippen LogP contribution in [0.5, 0.6) is 0 Å². The molecule has 1 aromatic heterocycles. The molecule has 0 atom stereocenters. The molecule has 0 fully saturated rings. The maximum absolute atomic E-state index is 5.65. The predicted molar refractivity (Wildman–Crippen MR) is 76.1 cm³/mol. The first-order chi connectivity index (χ1) is 8.12. The van der Waals surface area contributed by atoms with Crippen molar-refractivity contribution in [3.63, 3.8) is 0 Å². The van der Waals surface area contributed by atoms with Gasteiger partial charge in [0.1, 0.15) is 5.82 Å². The third-order valence-electron chi connectivity index (χ3n) is 3.06. The lowest BCUT2D eigenvalue weighted by atomic mass is 10.0. The highest BCUT2D eigenvalue weighted by atomic mass is 79.9. The van der Waals surface area contributed by atoms with Gasteiger partial charge < -0.3 is 10.6 Å². The summed E-state index contributed by atoms with van der Waals surface area (Å²) in [5.41, 5.74) is 5.65. The minimum Gasteiger partial charge on any atom is -0.368 e. The molecule has 1 rings (SSSR count). The number of anilines is 2. The van der Waals surface area contributed by atoms with Gasteiger partial charge in [-0.3, -0.25) is 0 Å². The number of aromatic nitrogens is 2. The van der Waals surface area contributed by atoms with E-state index in [0.29, 0.717) is 11.9 Å². The monoisotopic (exact) mass is 300 g/mol. The van der Waals surface area contributed by atoms with Crippen LogP contribution in [0.2, 0.25) is 0 Å². The van der Waals surface area contributed by atoms with Crippen molar-refractivity contribution in [2.24, 2.45) is 5.92 Å². The van der Waals surface area contributed by atoms with Crippen molar-refractivity contribution in [1.29, 1.82) is 0 Å². The molecule has 0 unspecified atom stereocenters. The summed E-state index contributed by atoms with van der Waals surface area (Å²) >= 11 is 3.48. The molecular formula is C12H21BrN4. The molecule has 0 bridgehead atoms. The van der Waals surface area contributed by atoms with Crippen molar-refractivity contribution in [2.75, 3.05) is 23.7 Å². The maximum atomic E-state index is 5.65. The molecule has 4 nitrogen and oxygen atoms in total. The first-order valence-electron chi connectivity index (χ1n) is 6.15. The second-order valence-corrected chi connectivity index (χ2v) is 4.98. The zero-order valence-electron chi connectivity index (χ0n) is 10.8. The number of rotatable bonds is 6. The third-order valence-corrected chi connectivity index (χ3v) is 3.62. The molecule has 0 aliphatic heterocycles. The lowest BCUT2D eigenvalue weighted by Crippen LogP contribution is -2.30. The Balaban J connectivity index is 2.89. The van der Waals surface area contributed by atoms with Crippen LogP contribution in [0.15, 0.2) is 10.7 Å². The second kappa shape index (κ2) is 6.79. The maximum Gasteiger partial charge on any atom is 0.222 e. The number of nitrogens with two attached hydrogens (primary N) is 1. The third kappa shape index (κ3) is 3.84. The van der Waals surface area contributed by atoms with E-state index in [2.05, 4.69) is 51.6 Å². The Hall–Kier alpha value is -0.840. The fraction of sp³-hybridized carbons (Fsp3) is 0.667. The van der Waals surface area contributed by atoms with Gasteiger partial charge in [0.05, 0.1) is 4.47 Å². The Morgan fingerprint density at radius 1 is 1.35 bits per heavy atom. The summed E-state index contributed by atoms with van der Waals surface area (Å²) in [5.74, 6) is 1.91. The number of hydrogen-bond donors (Lipinski definition) is 1. The SMILES string of the molecule is CCC(CC)CN(CC)c1nc(N)ncc1Br. The standard InChI is InChI=1S/C12H21BrN4/c1-4-9(5-2)8-17(6-3)11-10(13)7-15-12(14)16-11/h7,9H,4-6,8H2,1-3H3,(H2,14,15,16). The van der Waals surface area contributed by atoms with Crippen molar-refractivity contribution in [2.45, 2.75) is 33.6 Å². The molecule has 0 aliphatic rings. The van der Waals surface area contributed by atoms with Gasteiger partial charge in [-0.05, 0) is 28.8 Å². The van der Waals surface area contributed by atoms with Crippen LogP contribution in [0.25, 0.3) is 0 Å². The zero-order valence-corrected chi connectivity index (χ0v) is 12.4. The normalized spacial score (nSPS) is 10.9. The highest BCUT2D eigenvalue weighted by Crippen LogP contribution is 2.25. The van der Waals surface area contributed by atoms with Crippen molar-refractivity contribution in [1.82, 2.24) is 9.97 Å². The largest absolute Gasteiger partial charge is 0.368 e. The fourth-order valence-electron chi connectivity index (χ4n) is 1.82. The quantitative estimate of drug-likeness (QED) is 0.877. The van der Waals surface area contributed by atoms with Crippen molar-refractivity contribution >= 4 is 27.7 Å². The van der Waals surface area contributed by atoms with Crippen LogP contribution < -0.4 is 10.6 Å². The highest BCUT2D eigenvalue weighted by Gasteiger charge is 2.15. The first-order valence-corrected chi connectivity index (χ1v) is 6.94. The van der Waals surface area contributed by atoms with Crippen LogP contribution in [0.1, 0.15) is 33.6 Å². The summed E-state index contributed by atoms with van der Waals surface area (Å²) in [6, 6.07) is 0. The van der Waals surface area contributed by atoms with Gasteiger partial charge in [-0.15, -0.1) is 0 Å². The molecule has 0 radical (unpaired) electrons. The fourth-order valence-corrected chi connectivity index (χ4v) is 2.26. The summed E-state index contributed by atoms with van der Waals surface area (Å²) in [6.45, 7) is 8.52. The van der Waals surface area contributed by atoms with Crippen LogP contribution in [-0.2, 0) is 0 Å². The van der Waals surface area contributed by atoms with Crippen molar-refractivity contribution in [3.8, 4) is 0 Å². The van der Waals surface area contributed by atoms with E-state index in [1.165, 1.54) is 12.8 Å². The van der Waals surface area contributed by atoms with Crippen molar-refractivity contribution in [3.05, 3.63) is 10.7 Å². The molecule has 1 aromatic rings. The molecule has 0 amide bonds. The van der Waals surface area contributed by atoms with E-state index in [1.54, 1.807) is 6.20 Å². The van der Waals surface area contributed by atoms with E-state index in [-0.39, 0.29) is 0 Å². The number of nitrogen functional groups attached to an aromatic ring is 1. The predicted octanol–water partition coefficient (Wildman–Crippen LogP) is 3.08. The van der Waals surface area contributed by atoms with Crippen molar-refractivity contribution < 1.29 is 0 Å². The van der Waals surface area contributed by atoms with Crippen LogP contribution in [0.3, 0.4) is 0 Å². The van der Waals surface area contributed by atoms with Gasteiger partial charge in [0.15, 0.2) is 0 Å². The smallest absolute Gasteiger partial charge is 0.222 e. The summed E-state index contributed by atoms with van der Waals surface area (Å²) in [6.07, 6.45) is 4.09. The van der Waals surface area contributed by atoms with Gasteiger partial charge in [0.2, 0.25) is 5.95 Å². The lowest BCUT2D eigenvalue weighted by Gasteiger charge is -2.27. The Bertz CT molecular complexity index is 352. The van der Waals surface area contributed by atoms with Gasteiger partial charge in [-0.2, -0.15) is 4.98 Å². The van der Waals surface area contributed by atoms with E-state index < -0.39 is 0 Å². The van der Waals surface area contributed by atoms with Gasteiger partial charge >= 0.3 is 0 Å². The van der Waals surface area contributed by atoms with E-state index >= 15 is 0 Å². The van der Waals surface area contributed by atoms with Gasteiger partial charge in [0, 0.05) is 19.3 Å². The summed E-state index contributed by atoms with van der Waals surface area (Å²) < 4.78 is 0.902. The van der Waals surface area contributed by atoms with Crippen LogP contribution >= 0.6 is 15.9 Å². The lowest BCUT2D eigenvalue weighted by molar-refractivity contribution is 0.484. The first kappa shape index (κ1) is 14.2. The molecule has 1 heterocycles. The molecular weight excluding hydrogens is 280 g/mol. The molecule has 2 N–H and O–H groups in total. The van der Waals surface area contributed by atoms with Gasteiger partial charge in [-0.1, -0.05) is 26.7 Å². The van der Waals surface area contributed by atoms with E-state index in [1.807, 2.05) is 0 Å². The molecule has 0 spiro atoms. The number of halogens is 1. The van der Waals surface area contributed by atoms with E-state index in [4.69, 9.17) is 5.73 Å². The average molecular weight is 301 g/mol. The Morgan fingerprint density at radius 2 is 2.00 bits per heavy atom. The molecule has 17 heavy (non-hydrogen) atoms. The highest BCUT2D eigenvalue weighted by molar-refractivity contribution is 9.10. The molecule has 0 saturated carbocycles. The number of nitrogens with zero attached hydrogens (tertiary/aromatic N) is 3. The zero-order chi connectivity index (χ0) is 12.8. The minimum atomic E-state index is 0.325. The molecule has 5 heteroatoms. The number of hydrogen-bond acceptors (Lipinski definition) is 4. The molecule has 96 valence electrons. The topological polar surface area (TPSA) is 55.0 Å². The van der Waals surface area contributed by atoms with E-state index in [9.17, 15) is 0 Å². The summed E-state index contributed by atoms with van der Waals surface area (Å²) in [5, 5.41) is 0. The Kier molecular flexibility index (Phi) is 5.68. The van der Waals surface area contributed by atoms with E-state index in [0.717, 1.165) is 23.4 Å². The minimum absolute atomic E-state index is 0.325.